The predicted octanol–water partition coefficient (Wildman–Crippen LogP) is 8.92. The molecule has 0 spiro atoms. The van der Waals surface area contributed by atoms with Gasteiger partial charge in [0.05, 0.1) is 0 Å². The lowest BCUT2D eigenvalue weighted by Crippen LogP contribution is -2.30. The van der Waals surface area contributed by atoms with Crippen LogP contribution in [0.2, 0.25) is 0 Å². The first kappa shape index (κ1) is 24.1. The maximum atomic E-state index is 15.0. The number of ether oxygens (including phenoxy) is 1. The molecule has 0 radical (unpaired) electrons. The van der Waals surface area contributed by atoms with Gasteiger partial charge in [0, 0.05) is 5.56 Å². The number of alkyl halides is 3. The molecule has 0 amide bonds. The van der Waals surface area contributed by atoms with Crippen LogP contribution in [-0.2, 0) is 0 Å². The lowest BCUT2D eigenvalue weighted by molar-refractivity contribution is -0.153. The number of unbranched alkanes of at least 4 members (excludes halogenated alkanes) is 1. The minimum atomic E-state index is -4.38. The molecule has 1 nitrogen and oxygen atoms in total. The van der Waals surface area contributed by atoms with Crippen molar-refractivity contribution in [3.63, 3.8) is 0 Å². The topological polar surface area (TPSA) is 9.23 Å². The molecule has 0 aliphatic heterocycles. The van der Waals surface area contributed by atoms with Crippen LogP contribution in [0.5, 0.6) is 5.75 Å². The highest BCUT2D eigenvalue weighted by Gasteiger charge is 2.36. The van der Waals surface area contributed by atoms with Crippen LogP contribution in [-0.4, -0.2) is 12.8 Å². The molecule has 2 aromatic carbocycles. The van der Waals surface area contributed by atoms with E-state index in [-0.39, 0.29) is 11.6 Å². The maximum absolute atomic E-state index is 15.0. The minimum Gasteiger partial charge on any atom is -0.484 e. The number of hydrogen-bond acceptors (Lipinski definition) is 1. The summed E-state index contributed by atoms with van der Waals surface area (Å²) < 4.78 is 56.7. The molecule has 2 aromatic rings. The second kappa shape index (κ2) is 10.5. The highest BCUT2D eigenvalue weighted by molar-refractivity contribution is 5.65. The van der Waals surface area contributed by atoms with E-state index in [1.165, 1.54) is 57.1 Å². The van der Waals surface area contributed by atoms with Gasteiger partial charge in [0.25, 0.3) is 0 Å². The Kier molecular flexibility index (Phi) is 7.65. The van der Waals surface area contributed by atoms with Crippen LogP contribution in [0.25, 0.3) is 11.1 Å². The third-order valence-corrected chi connectivity index (χ3v) is 7.72. The van der Waals surface area contributed by atoms with Gasteiger partial charge in [0.15, 0.2) is 6.61 Å². The number of hydrogen-bond donors (Lipinski definition) is 0. The Morgan fingerprint density at radius 1 is 0.909 bits per heavy atom. The zero-order valence-electron chi connectivity index (χ0n) is 19.3. The first-order chi connectivity index (χ1) is 15.8. The molecule has 2 fully saturated rings. The average molecular weight is 463 g/mol. The molecule has 0 bridgehead atoms. The lowest BCUT2D eigenvalue weighted by atomic mass is 9.63. The fraction of sp³-hybridized carbons (Fsp3) is 0.571. The minimum absolute atomic E-state index is 0.120. The van der Waals surface area contributed by atoms with Gasteiger partial charge in [0.2, 0.25) is 0 Å². The van der Waals surface area contributed by atoms with Crippen molar-refractivity contribution in [3.8, 4) is 16.9 Å². The summed E-state index contributed by atoms with van der Waals surface area (Å²) in [7, 11) is 0. The third kappa shape index (κ3) is 6.30. The van der Waals surface area contributed by atoms with Gasteiger partial charge in [-0.15, -0.1) is 0 Å². The molecule has 2 saturated carbocycles. The first-order valence-electron chi connectivity index (χ1n) is 12.4. The van der Waals surface area contributed by atoms with E-state index in [0.29, 0.717) is 17.0 Å². The van der Waals surface area contributed by atoms with Crippen molar-refractivity contribution >= 4 is 0 Å². The fourth-order valence-electron chi connectivity index (χ4n) is 5.96. The Morgan fingerprint density at radius 2 is 1.64 bits per heavy atom. The Morgan fingerprint density at radius 3 is 2.33 bits per heavy atom. The van der Waals surface area contributed by atoms with Crippen molar-refractivity contribution in [2.24, 2.45) is 17.8 Å². The van der Waals surface area contributed by atoms with Crippen LogP contribution in [0, 0.1) is 23.6 Å². The molecule has 5 heteroatoms. The molecule has 0 saturated heterocycles. The van der Waals surface area contributed by atoms with Crippen molar-refractivity contribution in [1.29, 1.82) is 0 Å². The number of rotatable bonds is 7. The van der Waals surface area contributed by atoms with Crippen LogP contribution < -0.4 is 4.74 Å². The van der Waals surface area contributed by atoms with Gasteiger partial charge in [-0.05, 0) is 85.1 Å². The van der Waals surface area contributed by atoms with Crippen molar-refractivity contribution < 1.29 is 22.3 Å². The molecule has 0 N–H and O–H groups in total. The molecule has 4 atom stereocenters. The summed E-state index contributed by atoms with van der Waals surface area (Å²) in [5.74, 6) is 2.79. The van der Waals surface area contributed by atoms with Crippen molar-refractivity contribution in [2.75, 3.05) is 6.61 Å². The molecule has 2 aliphatic rings. The van der Waals surface area contributed by atoms with Gasteiger partial charge in [0.1, 0.15) is 11.6 Å². The number of halogens is 4. The SMILES string of the molecule is CCCCC1CCC2CC(c3ccc(-c4ccc(OCC(F)(F)F)cc4)c(F)c3)CCC2C1. The maximum Gasteiger partial charge on any atom is 0.422 e. The highest BCUT2D eigenvalue weighted by Crippen LogP contribution is 2.48. The first-order valence-corrected chi connectivity index (χ1v) is 12.4. The van der Waals surface area contributed by atoms with E-state index in [0.717, 1.165) is 36.2 Å². The summed E-state index contributed by atoms with van der Waals surface area (Å²) >= 11 is 0. The van der Waals surface area contributed by atoms with Crippen LogP contribution >= 0.6 is 0 Å². The van der Waals surface area contributed by atoms with E-state index in [9.17, 15) is 13.2 Å². The van der Waals surface area contributed by atoms with Crippen LogP contribution in [0.15, 0.2) is 42.5 Å². The van der Waals surface area contributed by atoms with Gasteiger partial charge in [-0.3, -0.25) is 0 Å². The Bertz CT molecular complexity index is 905. The van der Waals surface area contributed by atoms with Gasteiger partial charge < -0.3 is 4.74 Å². The zero-order chi connectivity index (χ0) is 23.4. The van der Waals surface area contributed by atoms with Gasteiger partial charge in [-0.25, -0.2) is 4.39 Å². The molecule has 0 aromatic heterocycles. The fourth-order valence-corrected chi connectivity index (χ4v) is 5.96. The Hall–Kier alpha value is -2.04. The second-order valence-corrected chi connectivity index (χ2v) is 10.0. The van der Waals surface area contributed by atoms with Crippen LogP contribution in [0.3, 0.4) is 0 Å². The Labute approximate surface area is 194 Å². The Balaban J connectivity index is 1.37. The monoisotopic (exact) mass is 462 g/mol. The average Bonchev–Trinajstić information content (AvgIpc) is 2.81. The van der Waals surface area contributed by atoms with E-state index < -0.39 is 12.8 Å². The van der Waals surface area contributed by atoms with Crippen LogP contribution in [0.1, 0.15) is 76.2 Å². The zero-order valence-corrected chi connectivity index (χ0v) is 19.3. The summed E-state index contributed by atoms with van der Waals surface area (Å²) in [6.07, 6.45) is 7.22. The lowest BCUT2D eigenvalue weighted by Gasteiger charge is -2.42. The molecule has 2 aliphatic carbocycles. The van der Waals surface area contributed by atoms with Crippen LogP contribution in [0.4, 0.5) is 17.6 Å². The largest absolute Gasteiger partial charge is 0.484 e. The summed E-state index contributed by atoms with van der Waals surface area (Å²) in [5, 5.41) is 0. The normalized spacial score (nSPS) is 25.5. The molecule has 0 heterocycles. The molecule has 4 rings (SSSR count). The summed E-state index contributed by atoms with van der Waals surface area (Å²) in [6, 6.07) is 11.6. The highest BCUT2D eigenvalue weighted by atomic mass is 19.4. The molecule has 180 valence electrons. The number of benzene rings is 2. The molecular weight excluding hydrogens is 428 g/mol. The van der Waals surface area contributed by atoms with E-state index in [1.54, 1.807) is 18.2 Å². The smallest absolute Gasteiger partial charge is 0.422 e. The third-order valence-electron chi connectivity index (χ3n) is 7.72. The number of fused-ring (bicyclic) bond motifs is 1. The standard InChI is InChI=1S/C28H34F4O/c1-2-3-4-19-5-6-22-16-23(8-7-21(22)15-19)24-11-14-26(27(29)17-24)20-9-12-25(13-10-20)33-18-28(30,31)32/h9-14,17,19,21-23H,2-8,15-16,18H2,1H3. The van der Waals surface area contributed by atoms with Gasteiger partial charge in [-0.2, -0.15) is 13.2 Å². The van der Waals surface area contributed by atoms with E-state index in [2.05, 4.69) is 6.92 Å². The molecule has 4 unspecified atom stereocenters. The van der Waals surface area contributed by atoms with Gasteiger partial charge in [-0.1, -0.05) is 56.9 Å². The van der Waals surface area contributed by atoms with Crippen molar-refractivity contribution in [1.82, 2.24) is 0 Å². The van der Waals surface area contributed by atoms with Crippen molar-refractivity contribution in [2.45, 2.75) is 76.8 Å². The van der Waals surface area contributed by atoms with E-state index in [4.69, 9.17) is 4.74 Å². The summed E-state index contributed by atoms with van der Waals surface area (Å²) in [5.41, 5.74) is 2.17. The van der Waals surface area contributed by atoms with Crippen molar-refractivity contribution in [3.05, 3.63) is 53.8 Å². The summed E-state index contributed by atoms with van der Waals surface area (Å²) in [4.78, 5) is 0. The summed E-state index contributed by atoms with van der Waals surface area (Å²) in [6.45, 7) is 0.932. The van der Waals surface area contributed by atoms with Gasteiger partial charge >= 0.3 is 6.18 Å². The second-order valence-electron chi connectivity index (χ2n) is 10.0. The molecule has 33 heavy (non-hydrogen) atoms. The predicted molar refractivity (Wildman–Crippen MR) is 124 cm³/mol. The molecular formula is C28H34F4O. The van der Waals surface area contributed by atoms with E-state index in [1.807, 2.05) is 12.1 Å². The quantitative estimate of drug-likeness (QED) is 0.373. The van der Waals surface area contributed by atoms with E-state index >= 15 is 4.39 Å².